The van der Waals surface area contributed by atoms with Gasteiger partial charge in [-0.1, -0.05) is 37.3 Å². The van der Waals surface area contributed by atoms with Crippen molar-refractivity contribution in [1.29, 1.82) is 0 Å². The molecule has 0 unspecified atom stereocenters. The zero-order chi connectivity index (χ0) is 25.8. The predicted octanol–water partition coefficient (Wildman–Crippen LogP) is 2.49. The van der Waals surface area contributed by atoms with Gasteiger partial charge in [-0.2, -0.15) is 0 Å². The third kappa shape index (κ3) is 4.69. The Balaban J connectivity index is 0.000000197. The SMILES string of the molecule is CCc1nc2cccc(CC(C)=O)c2c(=O)n1-c1ccccc1.NC(=O)c1c(N)nn2cccnc12. The van der Waals surface area contributed by atoms with E-state index >= 15 is 0 Å². The largest absolute Gasteiger partial charge is 0.381 e. The summed E-state index contributed by atoms with van der Waals surface area (Å²) >= 11 is 0. The predicted molar refractivity (Wildman–Crippen MR) is 137 cm³/mol. The van der Waals surface area contributed by atoms with E-state index in [1.165, 1.54) is 11.4 Å². The monoisotopic (exact) mass is 483 g/mol. The Morgan fingerprint density at radius 2 is 1.78 bits per heavy atom. The summed E-state index contributed by atoms with van der Waals surface area (Å²) < 4.78 is 3.06. The fraction of sp³-hybridized carbons (Fsp3) is 0.154. The van der Waals surface area contributed by atoms with Gasteiger partial charge in [-0.15, -0.1) is 5.10 Å². The number of hydrogen-bond acceptors (Lipinski definition) is 7. The molecule has 2 aromatic carbocycles. The Hall–Kier alpha value is -4.86. The number of fused-ring (bicyclic) bond motifs is 2. The third-order valence-electron chi connectivity index (χ3n) is 5.49. The average molecular weight is 484 g/mol. The van der Waals surface area contributed by atoms with Crippen LogP contribution in [0.2, 0.25) is 0 Å². The molecule has 0 aliphatic rings. The van der Waals surface area contributed by atoms with E-state index in [0.29, 0.717) is 28.8 Å². The summed E-state index contributed by atoms with van der Waals surface area (Å²) in [6, 6.07) is 16.7. The number of rotatable bonds is 5. The van der Waals surface area contributed by atoms with Crippen molar-refractivity contribution in [1.82, 2.24) is 24.1 Å². The molecule has 0 bridgehead atoms. The molecule has 10 heteroatoms. The van der Waals surface area contributed by atoms with Crippen LogP contribution in [0.3, 0.4) is 0 Å². The molecule has 4 N–H and O–H groups in total. The summed E-state index contributed by atoms with van der Waals surface area (Å²) in [5.74, 6) is 0.230. The van der Waals surface area contributed by atoms with E-state index in [1.54, 1.807) is 23.0 Å². The van der Waals surface area contributed by atoms with Crippen LogP contribution in [0.5, 0.6) is 0 Å². The van der Waals surface area contributed by atoms with E-state index in [0.717, 1.165) is 11.3 Å². The molecule has 0 atom stereocenters. The molecule has 0 saturated carbocycles. The minimum atomic E-state index is -0.619. The van der Waals surface area contributed by atoms with E-state index in [-0.39, 0.29) is 29.1 Å². The van der Waals surface area contributed by atoms with Crippen LogP contribution in [0.15, 0.2) is 71.8 Å². The number of Topliss-reactive ketones (excluding diaryl/α,β-unsaturated/α-hetero) is 1. The molecule has 3 heterocycles. The van der Waals surface area contributed by atoms with Crippen LogP contribution in [0.25, 0.3) is 22.2 Å². The highest BCUT2D eigenvalue weighted by Gasteiger charge is 2.16. The first-order valence-corrected chi connectivity index (χ1v) is 11.3. The number of ketones is 1. The van der Waals surface area contributed by atoms with Gasteiger partial charge in [0, 0.05) is 25.2 Å². The second-order valence-electron chi connectivity index (χ2n) is 8.06. The zero-order valence-corrected chi connectivity index (χ0v) is 19.9. The minimum Gasteiger partial charge on any atom is -0.381 e. The molecule has 36 heavy (non-hydrogen) atoms. The van der Waals surface area contributed by atoms with Crippen molar-refractivity contribution in [2.24, 2.45) is 5.73 Å². The Morgan fingerprint density at radius 1 is 1.03 bits per heavy atom. The Labute approximate surface area is 206 Å². The highest BCUT2D eigenvalue weighted by atomic mass is 16.1. The van der Waals surface area contributed by atoms with E-state index in [2.05, 4.69) is 15.1 Å². The van der Waals surface area contributed by atoms with Crippen LogP contribution >= 0.6 is 0 Å². The zero-order valence-electron chi connectivity index (χ0n) is 19.9. The van der Waals surface area contributed by atoms with Crippen molar-refractivity contribution in [3.63, 3.8) is 0 Å². The van der Waals surface area contributed by atoms with Crippen LogP contribution in [0.1, 0.15) is 35.6 Å². The molecule has 3 aromatic heterocycles. The van der Waals surface area contributed by atoms with Gasteiger partial charge in [-0.3, -0.25) is 19.0 Å². The first-order valence-electron chi connectivity index (χ1n) is 11.3. The van der Waals surface area contributed by atoms with Crippen molar-refractivity contribution < 1.29 is 9.59 Å². The van der Waals surface area contributed by atoms with Gasteiger partial charge in [0.2, 0.25) is 0 Å². The molecule has 10 nitrogen and oxygen atoms in total. The van der Waals surface area contributed by atoms with Crippen molar-refractivity contribution >= 4 is 34.1 Å². The number of benzene rings is 2. The highest BCUT2D eigenvalue weighted by Crippen LogP contribution is 2.18. The number of amides is 1. The van der Waals surface area contributed by atoms with E-state index in [4.69, 9.17) is 11.5 Å². The number of nitrogen functional groups attached to an aromatic ring is 1. The third-order valence-corrected chi connectivity index (χ3v) is 5.49. The lowest BCUT2D eigenvalue weighted by Gasteiger charge is -2.14. The molecule has 5 rings (SSSR count). The lowest BCUT2D eigenvalue weighted by molar-refractivity contribution is -0.116. The molecular weight excluding hydrogens is 458 g/mol. The number of anilines is 1. The van der Waals surface area contributed by atoms with Gasteiger partial charge in [0.05, 0.1) is 16.6 Å². The molecule has 5 aromatic rings. The second kappa shape index (κ2) is 10.2. The van der Waals surface area contributed by atoms with Gasteiger partial charge in [0.1, 0.15) is 17.2 Å². The standard InChI is InChI=1S/C19H18N2O2.C7H7N5O/c1-3-17-20-16-11-7-8-14(12-13(2)22)18(16)19(23)21(17)15-9-5-4-6-10-15;8-5-4(6(9)13)7-10-2-1-3-12(7)11-5/h4-11H,3,12H2,1-2H3;1-3H,(H2,8,11)(H2,9,13). The molecule has 0 aliphatic heterocycles. The molecular formula is C26H25N7O3. The number of carbonyl (C=O) groups is 2. The van der Waals surface area contributed by atoms with E-state index in [1.807, 2.05) is 55.5 Å². The fourth-order valence-electron chi connectivity index (χ4n) is 3.98. The van der Waals surface area contributed by atoms with Gasteiger partial charge < -0.3 is 11.5 Å². The molecule has 0 saturated heterocycles. The summed E-state index contributed by atoms with van der Waals surface area (Å²) in [5, 5.41) is 4.40. The lowest BCUT2D eigenvalue weighted by Crippen LogP contribution is -2.24. The Kier molecular flexibility index (Phi) is 6.86. The molecule has 0 aliphatic carbocycles. The number of primary amides is 1. The topological polar surface area (TPSA) is 151 Å². The van der Waals surface area contributed by atoms with Crippen LogP contribution < -0.4 is 17.0 Å². The number of para-hydroxylation sites is 1. The smallest absolute Gasteiger partial charge is 0.266 e. The van der Waals surface area contributed by atoms with Gasteiger partial charge >= 0.3 is 0 Å². The van der Waals surface area contributed by atoms with Crippen molar-refractivity contribution in [2.45, 2.75) is 26.7 Å². The van der Waals surface area contributed by atoms with Crippen LogP contribution in [0, 0.1) is 0 Å². The summed E-state index contributed by atoms with van der Waals surface area (Å²) in [7, 11) is 0. The summed E-state index contributed by atoms with van der Waals surface area (Å²) in [6.07, 6.45) is 4.08. The van der Waals surface area contributed by atoms with E-state index in [9.17, 15) is 14.4 Å². The molecule has 0 fully saturated rings. The van der Waals surface area contributed by atoms with Crippen LogP contribution in [-0.2, 0) is 17.6 Å². The second-order valence-corrected chi connectivity index (χ2v) is 8.06. The first kappa shape index (κ1) is 24.3. The Morgan fingerprint density at radius 3 is 2.44 bits per heavy atom. The maximum absolute atomic E-state index is 13.1. The van der Waals surface area contributed by atoms with Crippen LogP contribution in [0.4, 0.5) is 5.82 Å². The molecule has 1 amide bonds. The molecule has 182 valence electrons. The maximum atomic E-state index is 13.1. The summed E-state index contributed by atoms with van der Waals surface area (Å²) in [4.78, 5) is 44.2. The Bertz CT molecular complexity index is 1640. The van der Waals surface area contributed by atoms with Gasteiger partial charge in [0.15, 0.2) is 11.5 Å². The van der Waals surface area contributed by atoms with E-state index < -0.39 is 5.91 Å². The number of nitrogens with two attached hydrogens (primary N) is 2. The normalized spacial score (nSPS) is 10.7. The summed E-state index contributed by atoms with van der Waals surface area (Å²) in [5.41, 5.74) is 13.2. The number of hydrogen-bond donors (Lipinski definition) is 2. The van der Waals surface area contributed by atoms with Gasteiger partial charge in [0.25, 0.3) is 11.5 Å². The van der Waals surface area contributed by atoms with Crippen molar-refractivity contribution in [3.05, 3.63) is 94.3 Å². The minimum absolute atomic E-state index is 0.0303. The number of nitrogens with zero attached hydrogens (tertiary/aromatic N) is 5. The quantitative estimate of drug-likeness (QED) is 0.390. The average Bonchev–Trinajstić information content (AvgIpc) is 3.20. The highest BCUT2D eigenvalue weighted by molar-refractivity contribution is 6.03. The first-order chi connectivity index (χ1) is 17.3. The summed E-state index contributed by atoms with van der Waals surface area (Å²) in [6.45, 7) is 3.51. The number of carbonyl (C=O) groups excluding carboxylic acids is 2. The van der Waals surface area contributed by atoms with Gasteiger partial charge in [-0.25, -0.2) is 14.5 Å². The molecule has 0 spiro atoms. The maximum Gasteiger partial charge on any atom is 0.266 e. The van der Waals surface area contributed by atoms with Crippen molar-refractivity contribution in [2.75, 3.05) is 5.73 Å². The number of aryl methyl sites for hydroxylation is 1. The fourth-order valence-corrected chi connectivity index (χ4v) is 3.98. The van der Waals surface area contributed by atoms with Crippen molar-refractivity contribution in [3.8, 4) is 5.69 Å². The molecule has 0 radical (unpaired) electrons. The van der Waals surface area contributed by atoms with Gasteiger partial charge in [-0.05, 0) is 36.8 Å². The van der Waals surface area contributed by atoms with Crippen LogP contribution in [-0.4, -0.2) is 35.8 Å². The number of aromatic nitrogens is 5. The lowest BCUT2D eigenvalue weighted by atomic mass is 10.0.